The number of ether oxygens (including phenoxy) is 2. The van der Waals surface area contributed by atoms with Crippen molar-refractivity contribution in [2.24, 2.45) is 0 Å². The summed E-state index contributed by atoms with van der Waals surface area (Å²) < 4.78 is 126. The van der Waals surface area contributed by atoms with E-state index in [9.17, 15) is 43.2 Å². The molecule has 1 rings (SSSR count). The van der Waals surface area contributed by atoms with Crippen molar-refractivity contribution in [2.75, 3.05) is 19.8 Å². The molecule has 1 fully saturated rings. The third-order valence-electron chi connectivity index (χ3n) is 1.95. The van der Waals surface area contributed by atoms with E-state index in [-0.39, 0.29) is 6.61 Å². The smallest absolute Gasteiger partial charge is 0.442 e. The van der Waals surface area contributed by atoms with E-state index in [4.69, 9.17) is 0 Å². The van der Waals surface area contributed by atoms with Gasteiger partial charge in [-0.3, -0.25) is 0 Å². The molecule has 7 nitrogen and oxygen atoms in total. The van der Waals surface area contributed by atoms with Gasteiger partial charge in [-0.25, -0.2) is 0 Å². The highest BCUT2D eigenvalue weighted by molar-refractivity contribution is 7.98. The number of sulfonamides is 2. The first-order valence-corrected chi connectivity index (χ1v) is 7.60. The molecule has 0 aromatic heterocycles. The highest BCUT2D eigenvalue weighted by Crippen LogP contribution is 2.32. The van der Waals surface area contributed by atoms with Crippen LogP contribution in [0.25, 0.3) is 0 Å². The number of halogens is 6. The van der Waals surface area contributed by atoms with Crippen molar-refractivity contribution in [3.8, 4) is 0 Å². The van der Waals surface area contributed by atoms with Crippen LogP contribution in [0.5, 0.6) is 0 Å². The topological polar surface area (TPSA) is 89.8 Å². The normalized spacial score (nSPS) is 18.3. The molecule has 0 spiro atoms. The third-order valence-corrected chi connectivity index (χ3v) is 5.58. The summed E-state index contributed by atoms with van der Waals surface area (Å²) in [6, 6.07) is 0. The van der Waals surface area contributed by atoms with Gasteiger partial charge in [0.25, 0.3) is 0 Å². The third kappa shape index (κ3) is 3.23. The van der Waals surface area contributed by atoms with Crippen LogP contribution in [0.2, 0.25) is 0 Å². The van der Waals surface area contributed by atoms with Crippen molar-refractivity contribution in [2.45, 2.75) is 11.0 Å². The molecule has 15 heteroatoms. The molecule has 0 amide bonds. The van der Waals surface area contributed by atoms with Gasteiger partial charge in [0.05, 0.1) is 9.99 Å². The Morgan fingerprint density at radius 2 is 1.29 bits per heavy atom. The van der Waals surface area contributed by atoms with Gasteiger partial charge < -0.3 is 9.47 Å². The van der Waals surface area contributed by atoms with Gasteiger partial charge >= 0.3 is 37.0 Å². The second-order valence-corrected chi connectivity index (χ2v) is 7.18. The molecule has 1 heterocycles. The fourth-order valence-electron chi connectivity index (χ4n) is 1.11. The monoisotopic (exact) mass is 366 g/mol. The van der Waals surface area contributed by atoms with Crippen molar-refractivity contribution >= 4 is 25.9 Å². The molecular weight excluding hydrogens is 360 g/mol. The van der Waals surface area contributed by atoms with Gasteiger partial charge in [0.1, 0.15) is 6.61 Å². The number of alkyl halides is 6. The molecule has 0 saturated carbocycles. The van der Waals surface area contributed by atoms with Crippen LogP contribution in [0.4, 0.5) is 26.3 Å². The first-order chi connectivity index (χ1) is 9.23. The molecule has 1 saturated heterocycles. The molecule has 0 bridgehead atoms. The molecule has 0 aromatic rings. The highest BCUT2D eigenvalue weighted by atomic mass is 32.3. The van der Waals surface area contributed by atoms with Gasteiger partial charge in [-0.1, -0.05) is 0 Å². The van der Waals surface area contributed by atoms with Crippen LogP contribution in [0, 0.1) is 0 Å². The molecular formula is C6H6F6NO6S2+. The van der Waals surface area contributed by atoms with Gasteiger partial charge in [-0.2, -0.15) is 43.2 Å². The Labute approximate surface area is 113 Å². The van der Waals surface area contributed by atoms with Gasteiger partial charge in [-0.05, 0) is 0 Å². The molecule has 0 aliphatic carbocycles. The Bertz CT molecular complexity index is 590. The summed E-state index contributed by atoms with van der Waals surface area (Å²) in [5.41, 5.74) is -12.6. The summed E-state index contributed by atoms with van der Waals surface area (Å²) in [4.78, 5) is 0. The average molecular weight is 366 g/mol. The summed E-state index contributed by atoms with van der Waals surface area (Å²) in [5, 5.41) is 0. The fraction of sp³-hybridized carbons (Fsp3) is 0.833. The lowest BCUT2D eigenvalue weighted by atomic mass is 10.6. The van der Waals surface area contributed by atoms with Crippen LogP contribution in [0.15, 0.2) is 0 Å². The summed E-state index contributed by atoms with van der Waals surface area (Å²) in [5.74, 6) is -1.64. The second kappa shape index (κ2) is 5.28. The largest absolute Gasteiger partial charge is 0.561 e. The van der Waals surface area contributed by atoms with Crippen molar-refractivity contribution in [3.63, 3.8) is 0 Å². The predicted octanol–water partition coefficient (Wildman–Crippen LogP) is 0.143. The van der Waals surface area contributed by atoms with E-state index in [1.54, 1.807) is 0 Å². The van der Waals surface area contributed by atoms with Crippen molar-refractivity contribution < 1.29 is 56.0 Å². The molecule has 0 unspecified atom stereocenters. The lowest BCUT2D eigenvalue weighted by Gasteiger charge is -2.15. The van der Waals surface area contributed by atoms with E-state index in [2.05, 4.69) is 9.47 Å². The van der Waals surface area contributed by atoms with E-state index in [0.717, 1.165) is 0 Å². The molecule has 0 N–H and O–H groups in total. The van der Waals surface area contributed by atoms with E-state index in [1.807, 2.05) is 0 Å². The summed E-state index contributed by atoms with van der Waals surface area (Å²) >= 11 is 0. The standard InChI is InChI=1S/C6H6F6NO6S2/c7-5(8,9)20(14,15)13(4-3-18-1-2-19-4)21(16,17)6(10,11)12/h1-3H2/q+1. The minimum atomic E-state index is -6.90. The maximum Gasteiger partial charge on any atom is 0.561 e. The van der Waals surface area contributed by atoms with Gasteiger partial charge in [0.2, 0.25) is 0 Å². The first-order valence-electron chi connectivity index (χ1n) is 4.72. The van der Waals surface area contributed by atoms with Crippen LogP contribution in [0.3, 0.4) is 0 Å². The minimum Gasteiger partial charge on any atom is -0.442 e. The second-order valence-electron chi connectivity index (χ2n) is 3.39. The number of rotatable bonds is 2. The Kier molecular flexibility index (Phi) is 4.51. The van der Waals surface area contributed by atoms with Crippen molar-refractivity contribution in [3.05, 3.63) is 0 Å². The van der Waals surface area contributed by atoms with E-state index >= 15 is 0 Å². The molecule has 0 atom stereocenters. The Morgan fingerprint density at radius 1 is 0.857 bits per heavy atom. The Hall–Kier alpha value is -1.09. The van der Waals surface area contributed by atoms with Crippen LogP contribution in [0.1, 0.15) is 0 Å². The Morgan fingerprint density at radius 3 is 1.57 bits per heavy atom. The molecule has 1 aliphatic rings. The zero-order valence-electron chi connectivity index (χ0n) is 9.60. The summed E-state index contributed by atoms with van der Waals surface area (Å²) in [6.07, 6.45) is 0. The van der Waals surface area contributed by atoms with Crippen LogP contribution >= 0.6 is 0 Å². The zero-order chi connectivity index (χ0) is 16.7. The Balaban J connectivity index is 3.70. The fourth-order valence-corrected chi connectivity index (χ4v) is 3.77. The number of nitrogens with zero attached hydrogens (tertiary/aromatic N) is 1. The quantitative estimate of drug-likeness (QED) is 0.510. The molecule has 21 heavy (non-hydrogen) atoms. The van der Waals surface area contributed by atoms with E-state index in [1.165, 1.54) is 0 Å². The van der Waals surface area contributed by atoms with Crippen molar-refractivity contribution in [1.82, 2.24) is 0 Å². The number of hydrogen-bond donors (Lipinski definition) is 0. The summed E-state index contributed by atoms with van der Waals surface area (Å²) in [6.45, 7) is -2.08. The SMILES string of the molecule is O=S(=O)([N+](=C1COCCO1)S(=O)(=O)C(F)(F)F)C(F)(F)F. The van der Waals surface area contributed by atoms with E-state index in [0.29, 0.717) is 0 Å². The molecule has 1 aliphatic heterocycles. The summed E-state index contributed by atoms with van der Waals surface area (Å²) in [7, 11) is -13.8. The van der Waals surface area contributed by atoms with Crippen LogP contribution in [-0.4, -0.2) is 57.0 Å². The molecule has 0 aromatic carbocycles. The van der Waals surface area contributed by atoms with Crippen LogP contribution in [-0.2, 0) is 29.5 Å². The maximum atomic E-state index is 12.4. The average Bonchev–Trinajstić information content (AvgIpc) is 2.26. The minimum absolute atomic E-state index is 0.268. The lowest BCUT2D eigenvalue weighted by Crippen LogP contribution is -2.48. The van der Waals surface area contributed by atoms with E-state index < -0.39 is 53.6 Å². The van der Waals surface area contributed by atoms with Gasteiger partial charge in [0.15, 0.2) is 6.61 Å². The van der Waals surface area contributed by atoms with Crippen LogP contribution < -0.4 is 0 Å². The highest BCUT2D eigenvalue weighted by Gasteiger charge is 2.68. The maximum absolute atomic E-state index is 12.4. The first kappa shape index (κ1) is 18.0. The van der Waals surface area contributed by atoms with Crippen molar-refractivity contribution in [1.29, 1.82) is 0 Å². The van der Waals surface area contributed by atoms with Gasteiger partial charge in [0, 0.05) is 0 Å². The molecule has 0 radical (unpaired) electrons. The number of hydrogen-bond acceptors (Lipinski definition) is 6. The predicted molar refractivity (Wildman–Crippen MR) is 52.0 cm³/mol. The van der Waals surface area contributed by atoms with Gasteiger partial charge in [-0.15, -0.1) is 0 Å². The lowest BCUT2D eigenvalue weighted by molar-refractivity contribution is -0.253. The zero-order valence-corrected chi connectivity index (χ0v) is 11.2. The molecule has 124 valence electrons.